The summed E-state index contributed by atoms with van der Waals surface area (Å²) in [4.78, 5) is 12.6. The van der Waals surface area contributed by atoms with E-state index < -0.39 is 0 Å². The zero-order chi connectivity index (χ0) is 12.4. The molecule has 1 fully saturated rings. The van der Waals surface area contributed by atoms with Crippen LogP contribution in [0.2, 0.25) is 5.02 Å². The number of aliphatic hydroxyl groups is 1. The zero-order valence-corrected chi connectivity index (χ0v) is 11.3. The summed E-state index contributed by atoms with van der Waals surface area (Å²) in [6.45, 7) is 2.03. The van der Waals surface area contributed by atoms with Crippen molar-refractivity contribution < 1.29 is 9.90 Å². The average Bonchev–Trinajstić information content (AvgIpc) is 2.87. The molecule has 94 valence electrons. The highest BCUT2D eigenvalue weighted by atomic mass is 35.5. The van der Waals surface area contributed by atoms with Crippen LogP contribution in [0.1, 0.15) is 34.5 Å². The van der Waals surface area contributed by atoms with Crippen LogP contribution in [0.25, 0.3) is 0 Å². The highest BCUT2D eigenvalue weighted by Gasteiger charge is 2.29. The molecule has 0 aromatic carbocycles. The summed E-state index contributed by atoms with van der Waals surface area (Å²) in [5, 5.41) is 14.6. The number of carbonyl (C=O) groups excluding carboxylic acids is 1. The van der Waals surface area contributed by atoms with E-state index in [4.69, 9.17) is 11.6 Å². The summed E-state index contributed by atoms with van der Waals surface area (Å²) in [7, 11) is 0. The Bertz CT molecular complexity index is 419. The fraction of sp³-hybridized carbons (Fsp3) is 0.583. The second-order valence-corrected chi connectivity index (χ2v) is 5.77. The highest BCUT2D eigenvalue weighted by Crippen LogP contribution is 2.29. The van der Waals surface area contributed by atoms with Gasteiger partial charge in [-0.1, -0.05) is 18.0 Å². The number of hydrogen-bond donors (Lipinski definition) is 2. The molecule has 1 amide bonds. The molecule has 1 aliphatic rings. The van der Waals surface area contributed by atoms with Gasteiger partial charge in [-0.25, -0.2) is 0 Å². The molecular weight excluding hydrogens is 258 g/mol. The predicted molar refractivity (Wildman–Crippen MR) is 69.7 cm³/mol. The molecule has 2 unspecified atom stereocenters. The Morgan fingerprint density at radius 1 is 1.65 bits per heavy atom. The largest absolute Gasteiger partial charge is 0.396 e. The maximum Gasteiger partial charge on any atom is 0.263 e. The first-order valence-corrected chi connectivity index (χ1v) is 7.04. The van der Waals surface area contributed by atoms with Crippen LogP contribution in [-0.4, -0.2) is 23.7 Å². The molecule has 0 radical (unpaired) electrons. The van der Waals surface area contributed by atoms with Gasteiger partial charge >= 0.3 is 0 Å². The van der Waals surface area contributed by atoms with Crippen molar-refractivity contribution in [1.29, 1.82) is 0 Å². The van der Waals surface area contributed by atoms with Crippen LogP contribution < -0.4 is 5.32 Å². The number of aryl methyl sites for hydroxylation is 1. The van der Waals surface area contributed by atoms with Crippen molar-refractivity contribution in [2.24, 2.45) is 5.92 Å². The lowest BCUT2D eigenvalue weighted by Gasteiger charge is -2.18. The van der Waals surface area contributed by atoms with Gasteiger partial charge in [0, 0.05) is 18.6 Å². The van der Waals surface area contributed by atoms with E-state index >= 15 is 0 Å². The molecule has 1 aliphatic carbocycles. The minimum absolute atomic E-state index is 0.0889. The van der Waals surface area contributed by atoms with Crippen molar-refractivity contribution in [2.75, 3.05) is 6.61 Å². The van der Waals surface area contributed by atoms with E-state index in [1.165, 1.54) is 11.3 Å². The molecule has 1 saturated carbocycles. The van der Waals surface area contributed by atoms with Crippen LogP contribution >= 0.6 is 22.9 Å². The van der Waals surface area contributed by atoms with Gasteiger partial charge in [-0.15, -0.1) is 11.3 Å². The quantitative estimate of drug-likeness (QED) is 0.889. The molecule has 0 bridgehead atoms. The number of thiophene rings is 1. The lowest BCUT2D eigenvalue weighted by atomic mass is 10.1. The summed E-state index contributed by atoms with van der Waals surface area (Å²) < 4.78 is 0. The Kier molecular flexibility index (Phi) is 4.07. The molecule has 1 heterocycles. The van der Waals surface area contributed by atoms with E-state index in [-0.39, 0.29) is 24.5 Å². The molecule has 0 spiro atoms. The van der Waals surface area contributed by atoms with Crippen molar-refractivity contribution in [3.05, 3.63) is 20.8 Å². The molecule has 0 aliphatic heterocycles. The van der Waals surface area contributed by atoms with Gasteiger partial charge in [-0.05, 0) is 30.7 Å². The van der Waals surface area contributed by atoms with E-state index in [9.17, 15) is 9.90 Å². The number of carbonyl (C=O) groups is 1. The molecular formula is C12H16ClNO2S. The zero-order valence-electron chi connectivity index (χ0n) is 9.70. The maximum absolute atomic E-state index is 12.0. The molecule has 2 N–H and O–H groups in total. The first-order valence-electron chi connectivity index (χ1n) is 5.78. The molecule has 3 nitrogen and oxygen atoms in total. The molecule has 2 rings (SSSR count). The highest BCUT2D eigenvalue weighted by molar-refractivity contribution is 7.13. The minimum Gasteiger partial charge on any atom is -0.396 e. The van der Waals surface area contributed by atoms with Crippen LogP contribution in [-0.2, 0) is 0 Å². The third kappa shape index (κ3) is 2.64. The Morgan fingerprint density at radius 2 is 2.41 bits per heavy atom. The van der Waals surface area contributed by atoms with Gasteiger partial charge in [0.25, 0.3) is 5.91 Å². The van der Waals surface area contributed by atoms with Gasteiger partial charge in [0.2, 0.25) is 0 Å². The van der Waals surface area contributed by atoms with Gasteiger partial charge in [-0.2, -0.15) is 0 Å². The SMILES string of the molecule is Cc1csc(C(=O)NC2CCCC2CO)c1Cl. The fourth-order valence-corrected chi connectivity index (χ4v) is 3.44. The lowest BCUT2D eigenvalue weighted by Crippen LogP contribution is -2.38. The first kappa shape index (κ1) is 12.9. The smallest absolute Gasteiger partial charge is 0.263 e. The van der Waals surface area contributed by atoms with Crippen LogP contribution in [0.15, 0.2) is 5.38 Å². The molecule has 1 aromatic rings. The van der Waals surface area contributed by atoms with Crippen LogP contribution in [0.4, 0.5) is 0 Å². The van der Waals surface area contributed by atoms with Gasteiger partial charge < -0.3 is 10.4 Å². The van der Waals surface area contributed by atoms with Crippen molar-refractivity contribution in [3.63, 3.8) is 0 Å². The van der Waals surface area contributed by atoms with Gasteiger partial charge in [0.15, 0.2) is 0 Å². The van der Waals surface area contributed by atoms with Crippen LogP contribution in [0.5, 0.6) is 0 Å². The maximum atomic E-state index is 12.0. The number of rotatable bonds is 3. The van der Waals surface area contributed by atoms with Crippen molar-refractivity contribution >= 4 is 28.8 Å². The topological polar surface area (TPSA) is 49.3 Å². The monoisotopic (exact) mass is 273 g/mol. The van der Waals surface area contributed by atoms with E-state index in [1.807, 2.05) is 12.3 Å². The lowest BCUT2D eigenvalue weighted by molar-refractivity contribution is 0.0920. The summed E-state index contributed by atoms with van der Waals surface area (Å²) in [5.74, 6) is 0.0808. The van der Waals surface area contributed by atoms with Crippen molar-refractivity contribution in [1.82, 2.24) is 5.32 Å². The van der Waals surface area contributed by atoms with Crippen LogP contribution in [0.3, 0.4) is 0 Å². The van der Waals surface area contributed by atoms with Gasteiger partial charge in [0.1, 0.15) is 4.88 Å². The van der Waals surface area contributed by atoms with Crippen molar-refractivity contribution in [2.45, 2.75) is 32.2 Å². The predicted octanol–water partition coefficient (Wildman–Crippen LogP) is 2.60. The second-order valence-electron chi connectivity index (χ2n) is 4.52. The fourth-order valence-electron chi connectivity index (χ4n) is 2.26. The Balaban J connectivity index is 2.04. The number of amides is 1. The van der Waals surface area contributed by atoms with Gasteiger partial charge in [-0.3, -0.25) is 4.79 Å². The summed E-state index contributed by atoms with van der Waals surface area (Å²) >= 11 is 7.43. The summed E-state index contributed by atoms with van der Waals surface area (Å²) in [6, 6.07) is 0.0889. The van der Waals surface area contributed by atoms with E-state index in [0.717, 1.165) is 24.8 Å². The molecule has 2 atom stereocenters. The normalized spacial score (nSPS) is 23.9. The second kappa shape index (κ2) is 5.38. The van der Waals surface area contributed by atoms with Crippen LogP contribution in [0, 0.1) is 12.8 Å². The number of hydrogen-bond acceptors (Lipinski definition) is 3. The summed E-state index contributed by atoms with van der Waals surface area (Å²) in [5.41, 5.74) is 0.937. The standard InChI is InChI=1S/C12H16ClNO2S/c1-7-6-17-11(10(7)13)12(16)14-9-4-2-3-8(9)5-15/h6,8-9,15H,2-5H2,1H3,(H,14,16). The van der Waals surface area contributed by atoms with E-state index in [2.05, 4.69) is 5.32 Å². The molecule has 1 aromatic heterocycles. The van der Waals surface area contributed by atoms with E-state index in [1.54, 1.807) is 0 Å². The first-order chi connectivity index (χ1) is 8.13. The van der Waals surface area contributed by atoms with Crippen molar-refractivity contribution in [3.8, 4) is 0 Å². The Labute approximate surface area is 110 Å². The minimum atomic E-state index is -0.113. The number of nitrogens with one attached hydrogen (secondary N) is 1. The number of aliphatic hydroxyl groups excluding tert-OH is 1. The van der Waals surface area contributed by atoms with E-state index in [0.29, 0.717) is 9.90 Å². The van der Waals surface area contributed by atoms with Gasteiger partial charge in [0.05, 0.1) is 5.02 Å². The molecule has 5 heteroatoms. The Hall–Kier alpha value is -0.580. The number of halogens is 1. The average molecular weight is 274 g/mol. The molecule has 17 heavy (non-hydrogen) atoms. The third-order valence-corrected chi connectivity index (χ3v) is 5.01. The Morgan fingerprint density at radius 3 is 3.00 bits per heavy atom. The molecule has 0 saturated heterocycles. The summed E-state index contributed by atoms with van der Waals surface area (Å²) in [6.07, 6.45) is 2.99. The third-order valence-electron chi connectivity index (χ3n) is 3.32.